The Kier molecular flexibility index (Phi) is 8.24. The number of carboxylic acid groups (broad SMARTS) is 1. The molecule has 0 spiro atoms. The zero-order valence-electron chi connectivity index (χ0n) is 9.75. The van der Waals surface area contributed by atoms with Crippen molar-refractivity contribution in [1.82, 2.24) is 10.6 Å². The van der Waals surface area contributed by atoms with E-state index in [0.717, 1.165) is 19.4 Å². The molecular formula is C10H22N4O2. The molecular weight excluding hydrogens is 208 g/mol. The minimum atomic E-state index is -0.976. The first-order valence-corrected chi connectivity index (χ1v) is 5.62. The molecule has 0 aromatic rings. The average molecular weight is 230 g/mol. The lowest BCUT2D eigenvalue weighted by molar-refractivity contribution is -0.138. The van der Waals surface area contributed by atoms with E-state index in [-0.39, 0.29) is 5.96 Å². The summed E-state index contributed by atoms with van der Waals surface area (Å²) in [5, 5.41) is 21.8. The van der Waals surface area contributed by atoms with Crippen LogP contribution in [0.15, 0.2) is 0 Å². The van der Waals surface area contributed by atoms with E-state index in [1.54, 1.807) is 0 Å². The predicted octanol–water partition coefficient (Wildman–Crippen LogP) is 0.0926. The van der Waals surface area contributed by atoms with Crippen LogP contribution in [-0.2, 0) is 4.79 Å². The van der Waals surface area contributed by atoms with E-state index in [9.17, 15) is 4.79 Å². The molecule has 0 radical (unpaired) electrons. The van der Waals surface area contributed by atoms with Crippen LogP contribution in [0.4, 0.5) is 0 Å². The summed E-state index contributed by atoms with van der Waals surface area (Å²) in [6, 6.07) is -0.802. The molecule has 0 saturated carbocycles. The largest absolute Gasteiger partial charge is 0.480 e. The second kappa shape index (κ2) is 8.96. The van der Waals surface area contributed by atoms with Crippen LogP contribution in [0.3, 0.4) is 0 Å². The van der Waals surface area contributed by atoms with Crippen molar-refractivity contribution in [2.45, 2.75) is 38.6 Å². The molecule has 6 heteroatoms. The normalized spacial score (nSPS) is 11.9. The van der Waals surface area contributed by atoms with Crippen LogP contribution in [0, 0.1) is 5.41 Å². The first-order chi connectivity index (χ1) is 7.57. The molecule has 1 atom stereocenters. The maximum Gasteiger partial charge on any atom is 0.320 e. The van der Waals surface area contributed by atoms with Crippen LogP contribution in [0.25, 0.3) is 0 Å². The van der Waals surface area contributed by atoms with Gasteiger partial charge in [0.2, 0.25) is 0 Å². The fourth-order valence-electron chi connectivity index (χ4n) is 1.11. The molecule has 0 rings (SSSR count). The number of nitrogens with two attached hydrogens (primary N) is 1. The number of hydrogen-bond acceptors (Lipinski definition) is 3. The predicted molar refractivity (Wildman–Crippen MR) is 63.5 cm³/mol. The van der Waals surface area contributed by atoms with Crippen molar-refractivity contribution < 1.29 is 9.90 Å². The van der Waals surface area contributed by atoms with Gasteiger partial charge in [-0.1, -0.05) is 13.3 Å². The summed E-state index contributed by atoms with van der Waals surface area (Å²) in [6.07, 6.45) is 3.19. The van der Waals surface area contributed by atoms with Crippen LogP contribution >= 0.6 is 0 Å². The van der Waals surface area contributed by atoms with E-state index in [4.69, 9.17) is 16.2 Å². The van der Waals surface area contributed by atoms with Gasteiger partial charge in [0.1, 0.15) is 6.04 Å². The van der Waals surface area contributed by atoms with Crippen LogP contribution in [0.2, 0.25) is 0 Å². The minimum absolute atomic E-state index is 0.289. The molecule has 6 nitrogen and oxygen atoms in total. The molecule has 0 fully saturated rings. The van der Waals surface area contributed by atoms with Gasteiger partial charge in [-0.05, 0) is 19.3 Å². The zero-order valence-corrected chi connectivity index (χ0v) is 9.75. The summed E-state index contributed by atoms with van der Waals surface area (Å²) in [5.41, 5.74) is 5.33. The molecule has 0 aliphatic carbocycles. The SMILES string of the molecule is CCCCNC(=N)NCCC[C@H](N)C(=O)O. The van der Waals surface area contributed by atoms with Gasteiger partial charge in [0.05, 0.1) is 0 Å². The summed E-state index contributed by atoms with van der Waals surface area (Å²) in [5.74, 6) is -0.687. The van der Waals surface area contributed by atoms with Crippen LogP contribution in [0.5, 0.6) is 0 Å². The topological polar surface area (TPSA) is 111 Å². The summed E-state index contributed by atoms with van der Waals surface area (Å²) in [6.45, 7) is 3.45. The lowest BCUT2D eigenvalue weighted by Crippen LogP contribution is -2.38. The fourth-order valence-corrected chi connectivity index (χ4v) is 1.11. The van der Waals surface area contributed by atoms with Gasteiger partial charge in [0, 0.05) is 13.1 Å². The number of rotatable bonds is 8. The quantitative estimate of drug-likeness (QED) is 0.230. The number of hydrogen-bond donors (Lipinski definition) is 5. The van der Waals surface area contributed by atoms with Gasteiger partial charge in [-0.15, -0.1) is 0 Å². The summed E-state index contributed by atoms with van der Waals surface area (Å²) in [4.78, 5) is 10.4. The van der Waals surface area contributed by atoms with E-state index in [1.807, 2.05) is 0 Å². The molecule has 0 amide bonds. The standard InChI is InChI=1S/C10H22N4O2/c1-2-3-6-13-10(12)14-7-4-5-8(11)9(15)16/h8H,2-7,11H2,1H3,(H,15,16)(H3,12,13,14)/t8-/m0/s1. The van der Waals surface area contributed by atoms with E-state index in [2.05, 4.69) is 17.6 Å². The van der Waals surface area contributed by atoms with Crippen molar-refractivity contribution in [2.24, 2.45) is 5.73 Å². The van der Waals surface area contributed by atoms with Gasteiger partial charge in [0.25, 0.3) is 0 Å². The Balaban J connectivity index is 3.37. The van der Waals surface area contributed by atoms with Gasteiger partial charge < -0.3 is 21.5 Å². The molecule has 16 heavy (non-hydrogen) atoms. The van der Waals surface area contributed by atoms with Crippen molar-refractivity contribution in [3.05, 3.63) is 0 Å². The minimum Gasteiger partial charge on any atom is -0.480 e. The maximum atomic E-state index is 10.4. The van der Waals surface area contributed by atoms with Crippen molar-refractivity contribution in [1.29, 1.82) is 5.41 Å². The van der Waals surface area contributed by atoms with E-state index in [1.165, 1.54) is 0 Å². The van der Waals surface area contributed by atoms with Crippen molar-refractivity contribution in [3.63, 3.8) is 0 Å². The van der Waals surface area contributed by atoms with E-state index >= 15 is 0 Å². The summed E-state index contributed by atoms with van der Waals surface area (Å²) >= 11 is 0. The highest BCUT2D eigenvalue weighted by Crippen LogP contribution is 1.92. The van der Waals surface area contributed by atoms with Gasteiger partial charge in [-0.25, -0.2) is 0 Å². The number of guanidine groups is 1. The van der Waals surface area contributed by atoms with Crippen LogP contribution < -0.4 is 16.4 Å². The molecule has 0 aromatic heterocycles. The molecule has 0 heterocycles. The maximum absolute atomic E-state index is 10.4. The summed E-state index contributed by atoms with van der Waals surface area (Å²) in [7, 11) is 0. The second-order valence-corrected chi connectivity index (χ2v) is 3.67. The highest BCUT2D eigenvalue weighted by molar-refractivity contribution is 5.76. The Bertz CT molecular complexity index is 221. The third-order valence-electron chi connectivity index (χ3n) is 2.14. The smallest absolute Gasteiger partial charge is 0.320 e. The molecule has 94 valence electrons. The highest BCUT2D eigenvalue weighted by atomic mass is 16.4. The van der Waals surface area contributed by atoms with E-state index < -0.39 is 12.0 Å². The molecule has 0 aliphatic rings. The average Bonchev–Trinajstić information content (AvgIpc) is 2.24. The molecule has 6 N–H and O–H groups in total. The first kappa shape index (κ1) is 14.7. The van der Waals surface area contributed by atoms with E-state index in [0.29, 0.717) is 19.4 Å². The van der Waals surface area contributed by atoms with Crippen LogP contribution in [0.1, 0.15) is 32.6 Å². The fraction of sp³-hybridized carbons (Fsp3) is 0.800. The van der Waals surface area contributed by atoms with Gasteiger partial charge >= 0.3 is 5.97 Å². The number of aliphatic carboxylic acids is 1. The lowest BCUT2D eigenvalue weighted by atomic mass is 10.2. The number of carboxylic acids is 1. The molecule has 0 aliphatic heterocycles. The Morgan fingerprint density at radius 2 is 1.94 bits per heavy atom. The van der Waals surface area contributed by atoms with Crippen molar-refractivity contribution >= 4 is 11.9 Å². The third kappa shape index (κ3) is 8.05. The Labute approximate surface area is 96.1 Å². The first-order valence-electron chi connectivity index (χ1n) is 5.62. The van der Waals surface area contributed by atoms with Gasteiger partial charge in [-0.3, -0.25) is 10.2 Å². The molecule has 0 bridgehead atoms. The molecule has 0 aromatic carbocycles. The van der Waals surface area contributed by atoms with Crippen molar-refractivity contribution in [3.8, 4) is 0 Å². The number of nitrogens with one attached hydrogen (secondary N) is 3. The summed E-state index contributed by atoms with van der Waals surface area (Å²) < 4.78 is 0. The monoisotopic (exact) mass is 230 g/mol. The Morgan fingerprint density at radius 3 is 2.44 bits per heavy atom. The van der Waals surface area contributed by atoms with Crippen LogP contribution in [-0.4, -0.2) is 36.2 Å². The lowest BCUT2D eigenvalue weighted by Gasteiger charge is -2.10. The molecule has 0 saturated heterocycles. The number of unbranched alkanes of at least 4 members (excludes halogenated alkanes) is 1. The third-order valence-corrected chi connectivity index (χ3v) is 2.14. The van der Waals surface area contributed by atoms with Crippen molar-refractivity contribution in [2.75, 3.05) is 13.1 Å². The van der Waals surface area contributed by atoms with Gasteiger partial charge in [-0.2, -0.15) is 0 Å². The Morgan fingerprint density at radius 1 is 1.38 bits per heavy atom. The number of carbonyl (C=O) groups is 1. The zero-order chi connectivity index (χ0) is 12.4. The highest BCUT2D eigenvalue weighted by Gasteiger charge is 2.09. The van der Waals surface area contributed by atoms with Gasteiger partial charge in [0.15, 0.2) is 5.96 Å². The second-order valence-electron chi connectivity index (χ2n) is 3.67. The Hall–Kier alpha value is -1.30. The molecule has 0 unspecified atom stereocenters.